The van der Waals surface area contributed by atoms with E-state index in [1.165, 1.54) is 21.9 Å². The molecule has 0 spiro atoms. The summed E-state index contributed by atoms with van der Waals surface area (Å²) >= 11 is 0. The lowest BCUT2D eigenvalue weighted by Gasteiger charge is -2.25. The molecule has 2 aromatic carbocycles. The molecule has 0 aliphatic rings. The molecule has 162 valence electrons. The minimum atomic E-state index is -3.72. The van der Waals surface area contributed by atoms with Crippen molar-refractivity contribution in [3.05, 3.63) is 59.7 Å². The van der Waals surface area contributed by atoms with Crippen molar-refractivity contribution >= 4 is 27.5 Å². The van der Waals surface area contributed by atoms with E-state index in [0.717, 1.165) is 16.1 Å². The fourth-order valence-electron chi connectivity index (χ4n) is 2.85. The van der Waals surface area contributed by atoms with Crippen molar-refractivity contribution in [2.75, 3.05) is 45.4 Å². The summed E-state index contributed by atoms with van der Waals surface area (Å²) < 4.78 is 31.0. The monoisotopic (exact) mass is 433 g/mol. The fraction of sp³-hybridized carbons (Fsp3) is 0.333. The zero-order valence-corrected chi connectivity index (χ0v) is 18.6. The molecule has 0 saturated carbocycles. The van der Waals surface area contributed by atoms with Crippen molar-refractivity contribution in [1.82, 2.24) is 9.80 Å². The molecule has 0 bridgehead atoms. The Bertz CT molecular complexity index is 1000. The number of benzene rings is 2. The molecule has 0 N–H and O–H groups in total. The third-order valence-electron chi connectivity index (χ3n) is 4.51. The van der Waals surface area contributed by atoms with Gasteiger partial charge in [0, 0.05) is 38.8 Å². The SMILES string of the molecule is COc1ccccc1CN(C)C(=O)CN(c1ccc(C(=O)N(C)C)cc1)S(C)(=O)=O. The first kappa shape index (κ1) is 23.2. The van der Waals surface area contributed by atoms with Gasteiger partial charge in [-0.25, -0.2) is 8.42 Å². The maximum absolute atomic E-state index is 12.8. The van der Waals surface area contributed by atoms with E-state index < -0.39 is 10.0 Å². The molecule has 0 aromatic heterocycles. The van der Waals surface area contributed by atoms with Gasteiger partial charge < -0.3 is 14.5 Å². The fourth-order valence-corrected chi connectivity index (χ4v) is 3.70. The van der Waals surface area contributed by atoms with Crippen molar-refractivity contribution in [2.24, 2.45) is 0 Å². The van der Waals surface area contributed by atoms with Crippen LogP contribution in [0.25, 0.3) is 0 Å². The Morgan fingerprint density at radius 1 is 0.967 bits per heavy atom. The number of sulfonamides is 1. The normalized spacial score (nSPS) is 11.0. The molecular formula is C21H27N3O5S. The zero-order chi connectivity index (χ0) is 22.5. The van der Waals surface area contributed by atoms with Crippen LogP contribution in [0.5, 0.6) is 5.75 Å². The molecular weight excluding hydrogens is 406 g/mol. The number of likely N-dealkylation sites (N-methyl/N-ethyl adjacent to an activating group) is 1. The molecule has 0 atom stereocenters. The van der Waals surface area contributed by atoms with Gasteiger partial charge >= 0.3 is 0 Å². The van der Waals surface area contributed by atoms with Crippen LogP contribution in [0.1, 0.15) is 15.9 Å². The van der Waals surface area contributed by atoms with E-state index in [-0.39, 0.29) is 24.9 Å². The highest BCUT2D eigenvalue weighted by Gasteiger charge is 2.23. The Morgan fingerprint density at radius 2 is 1.57 bits per heavy atom. The number of nitrogens with zero attached hydrogens (tertiary/aromatic N) is 3. The van der Waals surface area contributed by atoms with Crippen molar-refractivity contribution in [3.63, 3.8) is 0 Å². The van der Waals surface area contributed by atoms with Gasteiger partial charge in [0.15, 0.2) is 0 Å². The molecule has 8 nitrogen and oxygen atoms in total. The lowest BCUT2D eigenvalue weighted by atomic mass is 10.2. The van der Waals surface area contributed by atoms with Gasteiger partial charge in [0.1, 0.15) is 12.3 Å². The summed E-state index contributed by atoms with van der Waals surface area (Å²) in [5.74, 6) is 0.0816. The van der Waals surface area contributed by atoms with E-state index in [1.807, 2.05) is 18.2 Å². The van der Waals surface area contributed by atoms with E-state index in [1.54, 1.807) is 46.5 Å². The summed E-state index contributed by atoms with van der Waals surface area (Å²) in [4.78, 5) is 27.7. The van der Waals surface area contributed by atoms with Gasteiger partial charge in [0.05, 0.1) is 19.1 Å². The van der Waals surface area contributed by atoms with Crippen LogP contribution in [0.2, 0.25) is 0 Å². The van der Waals surface area contributed by atoms with Crippen molar-refractivity contribution in [2.45, 2.75) is 6.54 Å². The van der Waals surface area contributed by atoms with Gasteiger partial charge in [-0.05, 0) is 30.3 Å². The molecule has 0 saturated heterocycles. The highest BCUT2D eigenvalue weighted by Crippen LogP contribution is 2.21. The van der Waals surface area contributed by atoms with E-state index in [4.69, 9.17) is 4.74 Å². The molecule has 0 unspecified atom stereocenters. The lowest BCUT2D eigenvalue weighted by molar-refractivity contribution is -0.128. The van der Waals surface area contributed by atoms with Crippen molar-refractivity contribution < 1.29 is 22.7 Å². The summed E-state index contributed by atoms with van der Waals surface area (Å²) in [7, 11) is 2.71. The number of para-hydroxylation sites is 1. The maximum Gasteiger partial charge on any atom is 0.253 e. The van der Waals surface area contributed by atoms with Crippen molar-refractivity contribution in [3.8, 4) is 5.75 Å². The lowest BCUT2D eigenvalue weighted by Crippen LogP contribution is -2.41. The first-order chi connectivity index (χ1) is 14.0. The van der Waals surface area contributed by atoms with E-state index in [9.17, 15) is 18.0 Å². The number of carbonyl (C=O) groups excluding carboxylic acids is 2. The number of anilines is 1. The van der Waals surface area contributed by atoms with Gasteiger partial charge in [-0.1, -0.05) is 18.2 Å². The molecule has 0 radical (unpaired) electrons. The Morgan fingerprint density at radius 3 is 2.10 bits per heavy atom. The van der Waals surface area contributed by atoms with Gasteiger partial charge in [0.2, 0.25) is 15.9 Å². The molecule has 30 heavy (non-hydrogen) atoms. The third kappa shape index (κ3) is 5.73. The average molecular weight is 434 g/mol. The van der Waals surface area contributed by atoms with E-state index in [0.29, 0.717) is 17.0 Å². The van der Waals surface area contributed by atoms with Crippen LogP contribution < -0.4 is 9.04 Å². The zero-order valence-electron chi connectivity index (χ0n) is 17.8. The Hall–Kier alpha value is -3.07. The third-order valence-corrected chi connectivity index (χ3v) is 5.65. The smallest absolute Gasteiger partial charge is 0.253 e. The molecule has 2 amide bonds. The summed E-state index contributed by atoms with van der Waals surface area (Å²) in [5.41, 5.74) is 1.55. The number of methoxy groups -OCH3 is 1. The van der Waals surface area contributed by atoms with Crippen LogP contribution in [0, 0.1) is 0 Å². The van der Waals surface area contributed by atoms with Crippen LogP contribution in [-0.2, 0) is 21.4 Å². The second kappa shape index (κ2) is 9.62. The standard InChI is InChI=1S/C21H27N3O5S/c1-22(2)21(26)16-10-12-18(13-11-16)24(30(5,27)28)15-20(25)23(3)14-17-8-6-7-9-19(17)29-4/h6-13H,14-15H2,1-5H3. The number of carbonyl (C=O) groups is 2. The van der Waals surface area contributed by atoms with Gasteiger partial charge in [-0.2, -0.15) is 0 Å². The number of ether oxygens (including phenoxy) is 1. The molecule has 2 aromatic rings. The minimum absolute atomic E-state index is 0.194. The van der Waals surface area contributed by atoms with Gasteiger partial charge in [-0.15, -0.1) is 0 Å². The number of hydrogen-bond donors (Lipinski definition) is 0. The largest absolute Gasteiger partial charge is 0.496 e. The predicted molar refractivity (Wildman–Crippen MR) is 116 cm³/mol. The molecule has 0 aliphatic carbocycles. The predicted octanol–water partition coefficient (Wildman–Crippen LogP) is 1.82. The van der Waals surface area contributed by atoms with Gasteiger partial charge in [-0.3, -0.25) is 13.9 Å². The minimum Gasteiger partial charge on any atom is -0.496 e. The van der Waals surface area contributed by atoms with Crippen LogP contribution in [0.4, 0.5) is 5.69 Å². The maximum atomic E-state index is 12.8. The number of hydrogen-bond acceptors (Lipinski definition) is 5. The first-order valence-electron chi connectivity index (χ1n) is 9.20. The topological polar surface area (TPSA) is 87.2 Å². The van der Waals surface area contributed by atoms with Crippen LogP contribution in [-0.4, -0.2) is 71.1 Å². The number of amides is 2. The molecule has 0 aliphatic heterocycles. The summed E-state index contributed by atoms with van der Waals surface area (Å²) in [5, 5.41) is 0. The first-order valence-corrected chi connectivity index (χ1v) is 11.0. The molecule has 0 heterocycles. The highest BCUT2D eigenvalue weighted by atomic mass is 32.2. The average Bonchev–Trinajstić information content (AvgIpc) is 2.70. The van der Waals surface area contributed by atoms with Gasteiger partial charge in [0.25, 0.3) is 5.91 Å². The summed E-state index contributed by atoms with van der Waals surface area (Å²) in [6.07, 6.45) is 1.04. The van der Waals surface area contributed by atoms with Crippen LogP contribution in [0.3, 0.4) is 0 Å². The van der Waals surface area contributed by atoms with Crippen LogP contribution >= 0.6 is 0 Å². The quantitative estimate of drug-likeness (QED) is 0.634. The Labute approximate surface area is 177 Å². The number of rotatable bonds is 8. The Balaban J connectivity index is 2.20. The van der Waals surface area contributed by atoms with E-state index in [2.05, 4.69) is 0 Å². The summed E-state index contributed by atoms with van der Waals surface area (Å²) in [6.45, 7) is -0.0812. The van der Waals surface area contributed by atoms with Crippen molar-refractivity contribution in [1.29, 1.82) is 0 Å². The van der Waals surface area contributed by atoms with Crippen LogP contribution in [0.15, 0.2) is 48.5 Å². The molecule has 0 fully saturated rings. The Kier molecular flexibility index (Phi) is 7.44. The molecule has 9 heteroatoms. The second-order valence-electron chi connectivity index (χ2n) is 7.08. The summed E-state index contributed by atoms with van der Waals surface area (Å²) in [6, 6.07) is 13.4. The highest BCUT2D eigenvalue weighted by molar-refractivity contribution is 7.92. The molecule has 2 rings (SSSR count). The second-order valence-corrected chi connectivity index (χ2v) is 8.98. The van der Waals surface area contributed by atoms with E-state index >= 15 is 0 Å².